The van der Waals surface area contributed by atoms with Crippen LogP contribution in [0.25, 0.3) is 5.57 Å². The number of fused-ring (bicyclic) bond motifs is 2. The van der Waals surface area contributed by atoms with Gasteiger partial charge in [0.2, 0.25) is 0 Å². The van der Waals surface area contributed by atoms with Crippen LogP contribution in [0, 0.1) is 11.8 Å². The van der Waals surface area contributed by atoms with E-state index in [9.17, 15) is 18.0 Å². The minimum absolute atomic E-state index is 0.0219. The Labute approximate surface area is 177 Å². The van der Waals surface area contributed by atoms with Crippen molar-refractivity contribution in [2.75, 3.05) is 16.3 Å². The molecule has 0 spiro atoms. The molecule has 0 radical (unpaired) electrons. The average Bonchev–Trinajstić information content (AvgIpc) is 3.47. The van der Waals surface area contributed by atoms with Gasteiger partial charge in [-0.25, -0.2) is 0 Å². The second kappa shape index (κ2) is 7.11. The number of Topliss-reactive ketones (excluding diaryl/α,β-unsaturated/α-hetero) is 1. The van der Waals surface area contributed by atoms with Crippen LogP contribution in [0.1, 0.15) is 18.4 Å². The van der Waals surface area contributed by atoms with Crippen LogP contribution in [0.5, 0.6) is 0 Å². The van der Waals surface area contributed by atoms with E-state index in [1.165, 1.54) is 6.08 Å². The Bertz CT molecular complexity index is 1000. The maximum absolute atomic E-state index is 13.6. The fraction of sp³-hybridized carbons (Fsp3) is 0.364. The van der Waals surface area contributed by atoms with Gasteiger partial charge in [0.25, 0.3) is 0 Å². The maximum atomic E-state index is 13.6. The number of carbonyl (C=O) groups excluding carboxylic acids is 1. The summed E-state index contributed by atoms with van der Waals surface area (Å²) < 4.78 is 41.0. The van der Waals surface area contributed by atoms with E-state index >= 15 is 0 Å². The SMILES string of the molecule is O=C(C1=CCCCNc2ncccc21)C1=C(C2C[I-]2)C2C=C(C(F)(F)F)C=C[C@H]12. The molecule has 0 amide bonds. The van der Waals surface area contributed by atoms with Gasteiger partial charge in [0.1, 0.15) is 0 Å². The van der Waals surface area contributed by atoms with Crippen molar-refractivity contribution in [3.63, 3.8) is 0 Å². The Balaban J connectivity index is 1.55. The number of aromatic nitrogens is 1. The van der Waals surface area contributed by atoms with Gasteiger partial charge in [-0.1, -0.05) is 0 Å². The molecule has 1 fully saturated rings. The molecule has 29 heavy (non-hydrogen) atoms. The number of carbonyl (C=O) groups is 1. The van der Waals surface area contributed by atoms with Gasteiger partial charge in [-0.05, 0) is 0 Å². The van der Waals surface area contributed by atoms with E-state index in [0.717, 1.165) is 46.6 Å². The summed E-state index contributed by atoms with van der Waals surface area (Å²) in [5, 5.41) is 3.29. The van der Waals surface area contributed by atoms with Crippen LogP contribution in [-0.2, 0) is 4.79 Å². The molecule has 1 aromatic rings. The number of hydrogen-bond acceptors (Lipinski definition) is 3. The Hall–Kier alpha value is -1.90. The summed E-state index contributed by atoms with van der Waals surface area (Å²) in [5.74, 6) is 0.141. The zero-order valence-electron chi connectivity index (χ0n) is 15.5. The topological polar surface area (TPSA) is 42.0 Å². The molecule has 2 aliphatic heterocycles. The van der Waals surface area contributed by atoms with E-state index in [0.29, 0.717) is 15.3 Å². The van der Waals surface area contributed by atoms with Gasteiger partial charge in [0.15, 0.2) is 0 Å². The first-order chi connectivity index (χ1) is 13.9. The van der Waals surface area contributed by atoms with Crippen molar-refractivity contribution in [1.29, 1.82) is 0 Å². The monoisotopic (exact) mass is 511 g/mol. The van der Waals surface area contributed by atoms with E-state index in [2.05, 4.69) is 10.3 Å². The predicted molar refractivity (Wildman–Crippen MR) is 101 cm³/mol. The Morgan fingerprint density at radius 2 is 2.10 bits per heavy atom. The third kappa shape index (κ3) is 3.37. The van der Waals surface area contributed by atoms with Crippen molar-refractivity contribution in [2.45, 2.75) is 22.9 Å². The van der Waals surface area contributed by atoms with Crippen LogP contribution >= 0.6 is 0 Å². The van der Waals surface area contributed by atoms with Gasteiger partial charge in [0, 0.05) is 0 Å². The zero-order valence-corrected chi connectivity index (χ0v) is 17.6. The molecular weight excluding hydrogens is 492 g/mol. The molecule has 7 heteroatoms. The molecule has 3 nitrogen and oxygen atoms in total. The van der Waals surface area contributed by atoms with Crippen molar-refractivity contribution in [3.05, 3.63) is 64.9 Å². The molecule has 1 aromatic heterocycles. The Kier molecular flexibility index (Phi) is 4.68. The number of pyridine rings is 1. The number of allylic oxidation sites excluding steroid dienone is 8. The second-order valence-electron chi connectivity index (χ2n) is 7.59. The molecule has 1 saturated heterocycles. The standard InChI is InChI=1S/C22H19F3IN2O/c23-22(24,25)12-6-7-13-16(10-12)18(17-11-26-17)19(13)20(29)14-4-1-2-8-27-21-15(14)5-3-9-28-21/h3-7,9-10,13,16-17H,1-2,8,11H2,(H,27,28)/q-1/t13-,16?,17?/m0/s1. The number of nitrogens with one attached hydrogen (secondary N) is 1. The number of alkyl halides is 5. The first-order valence-electron chi connectivity index (χ1n) is 9.68. The fourth-order valence-corrected chi connectivity index (χ4v) is 6.32. The Morgan fingerprint density at radius 3 is 2.86 bits per heavy atom. The van der Waals surface area contributed by atoms with Crippen LogP contribution in [0.3, 0.4) is 0 Å². The molecule has 0 bridgehead atoms. The number of anilines is 1. The van der Waals surface area contributed by atoms with Gasteiger partial charge in [-0.15, -0.1) is 0 Å². The molecule has 1 N–H and O–H groups in total. The van der Waals surface area contributed by atoms with Crippen molar-refractivity contribution in [1.82, 2.24) is 4.98 Å². The molecule has 2 aliphatic carbocycles. The summed E-state index contributed by atoms with van der Waals surface area (Å²) in [5.41, 5.74) is 2.52. The van der Waals surface area contributed by atoms with Crippen molar-refractivity contribution < 1.29 is 39.2 Å². The molecule has 3 atom stereocenters. The minimum atomic E-state index is -4.34. The number of halogens is 4. The first-order valence-corrected chi connectivity index (χ1v) is 12.5. The first kappa shape index (κ1) is 19.1. The number of hydrogen-bond donors (Lipinski definition) is 1. The van der Waals surface area contributed by atoms with Crippen molar-refractivity contribution >= 4 is 17.2 Å². The van der Waals surface area contributed by atoms with E-state index in [-0.39, 0.29) is 38.8 Å². The van der Waals surface area contributed by atoms with Gasteiger partial charge >= 0.3 is 177 Å². The van der Waals surface area contributed by atoms with Crippen LogP contribution < -0.4 is 26.5 Å². The number of ketones is 1. The van der Waals surface area contributed by atoms with Crippen LogP contribution in [0.4, 0.5) is 19.0 Å². The van der Waals surface area contributed by atoms with E-state index in [1.54, 1.807) is 12.3 Å². The van der Waals surface area contributed by atoms with Crippen LogP contribution in [-0.4, -0.2) is 31.8 Å². The summed E-state index contributed by atoms with van der Waals surface area (Å²) in [4.78, 5) is 18.0. The molecule has 152 valence electrons. The molecule has 5 rings (SSSR count). The van der Waals surface area contributed by atoms with Crippen molar-refractivity contribution in [3.8, 4) is 0 Å². The number of nitrogens with zero attached hydrogens (tertiary/aromatic N) is 1. The third-order valence-electron chi connectivity index (χ3n) is 5.81. The summed E-state index contributed by atoms with van der Waals surface area (Å²) in [6.07, 6.45) is 5.06. The molecule has 0 aromatic carbocycles. The summed E-state index contributed by atoms with van der Waals surface area (Å²) in [7, 11) is 0. The second-order valence-corrected chi connectivity index (χ2v) is 10.9. The summed E-state index contributed by atoms with van der Waals surface area (Å²) in [6, 6.07) is 3.70. The zero-order chi connectivity index (χ0) is 20.2. The van der Waals surface area contributed by atoms with E-state index < -0.39 is 11.7 Å². The molecule has 3 heterocycles. The Morgan fingerprint density at radius 1 is 1.28 bits per heavy atom. The average molecular weight is 511 g/mol. The van der Waals surface area contributed by atoms with Gasteiger partial charge in [-0.2, -0.15) is 0 Å². The molecule has 2 unspecified atom stereocenters. The predicted octanol–water partition coefficient (Wildman–Crippen LogP) is 1.31. The van der Waals surface area contributed by atoms with E-state index in [4.69, 9.17) is 0 Å². The van der Waals surface area contributed by atoms with Gasteiger partial charge in [-0.3, -0.25) is 0 Å². The van der Waals surface area contributed by atoms with Crippen LogP contribution in [0.15, 0.2) is 59.4 Å². The molecule has 0 saturated carbocycles. The summed E-state index contributed by atoms with van der Waals surface area (Å²) in [6.45, 7) is 0.793. The fourth-order valence-electron chi connectivity index (χ4n) is 4.36. The number of rotatable bonds is 3. The van der Waals surface area contributed by atoms with Gasteiger partial charge < -0.3 is 0 Å². The van der Waals surface area contributed by atoms with Gasteiger partial charge in [0.05, 0.1) is 0 Å². The van der Waals surface area contributed by atoms with E-state index in [1.807, 2.05) is 18.2 Å². The normalized spacial score (nSPS) is 28.3. The third-order valence-corrected chi connectivity index (χ3v) is 8.25. The van der Waals surface area contributed by atoms with Crippen molar-refractivity contribution in [2.24, 2.45) is 11.8 Å². The molecule has 4 aliphatic rings. The summed E-state index contributed by atoms with van der Waals surface area (Å²) >= 11 is -0.0219. The van der Waals surface area contributed by atoms with Crippen LogP contribution in [0.2, 0.25) is 0 Å². The quantitative estimate of drug-likeness (QED) is 0.492. The molecular formula is C22H19F3IN2O-.